The Kier molecular flexibility index (Phi) is 4.02. The van der Waals surface area contributed by atoms with E-state index in [4.69, 9.17) is 0 Å². The number of rotatable bonds is 6. The highest BCUT2D eigenvalue weighted by atomic mass is 15.3. The molecule has 0 aliphatic heterocycles. The maximum atomic E-state index is 4.41. The monoisotopic (exact) mass is 247 g/mol. The molecule has 0 aromatic carbocycles. The highest BCUT2D eigenvalue weighted by Gasteiger charge is 2.04. The topological polar surface area (TPSA) is 47.7 Å². The van der Waals surface area contributed by atoms with E-state index in [1.54, 1.807) is 0 Å². The minimum atomic E-state index is 0.787. The van der Waals surface area contributed by atoms with Gasteiger partial charge in [-0.1, -0.05) is 6.92 Å². The summed E-state index contributed by atoms with van der Waals surface area (Å²) in [5.74, 6) is 1.07. The summed E-state index contributed by atoms with van der Waals surface area (Å²) in [6, 6.07) is 2.07. The first kappa shape index (κ1) is 12.7. The molecule has 18 heavy (non-hydrogen) atoms. The fourth-order valence-electron chi connectivity index (χ4n) is 1.97. The van der Waals surface area contributed by atoms with Crippen LogP contribution >= 0.6 is 0 Å². The van der Waals surface area contributed by atoms with Crippen molar-refractivity contribution in [1.29, 1.82) is 0 Å². The molecule has 98 valence electrons. The third kappa shape index (κ3) is 2.91. The summed E-state index contributed by atoms with van der Waals surface area (Å²) in [4.78, 5) is 0. The highest BCUT2D eigenvalue weighted by molar-refractivity contribution is 5.37. The Hall–Kier alpha value is -1.78. The number of hydrogen-bond donors (Lipinski definition) is 1. The Labute approximate surface area is 108 Å². The van der Waals surface area contributed by atoms with Crippen molar-refractivity contribution in [2.75, 3.05) is 5.32 Å². The van der Waals surface area contributed by atoms with Crippen LogP contribution in [-0.4, -0.2) is 19.6 Å². The number of aromatic nitrogens is 4. The van der Waals surface area contributed by atoms with Crippen LogP contribution in [0.4, 0.5) is 5.82 Å². The molecular weight excluding hydrogens is 226 g/mol. The fourth-order valence-corrected chi connectivity index (χ4v) is 1.97. The summed E-state index contributed by atoms with van der Waals surface area (Å²) in [5.41, 5.74) is 2.24. The molecule has 2 heterocycles. The molecular formula is C13H21N5. The van der Waals surface area contributed by atoms with Gasteiger partial charge >= 0.3 is 0 Å². The first-order valence-electron chi connectivity index (χ1n) is 6.52. The molecule has 0 bridgehead atoms. The zero-order valence-electron chi connectivity index (χ0n) is 11.3. The van der Waals surface area contributed by atoms with E-state index in [2.05, 4.69) is 41.6 Å². The van der Waals surface area contributed by atoms with Crippen LogP contribution in [0.15, 0.2) is 18.5 Å². The van der Waals surface area contributed by atoms with Crippen molar-refractivity contribution in [3.05, 3.63) is 29.7 Å². The minimum Gasteiger partial charge on any atom is -0.366 e. The standard InChI is InChI=1S/C13H21N5/c1-4-6-17-10-12(9-15-17)8-14-13-7-11(3)16-18(13)5-2/h7,9-10,14H,4-6,8H2,1-3H3. The highest BCUT2D eigenvalue weighted by Crippen LogP contribution is 2.11. The van der Waals surface area contributed by atoms with Crippen LogP contribution in [0.5, 0.6) is 0 Å². The van der Waals surface area contributed by atoms with Gasteiger partial charge in [-0.25, -0.2) is 4.68 Å². The van der Waals surface area contributed by atoms with Crippen LogP contribution in [0.25, 0.3) is 0 Å². The lowest BCUT2D eigenvalue weighted by Gasteiger charge is -2.06. The Balaban J connectivity index is 1.97. The normalized spacial score (nSPS) is 10.8. The van der Waals surface area contributed by atoms with Gasteiger partial charge in [-0.3, -0.25) is 4.68 Å². The summed E-state index contributed by atoms with van der Waals surface area (Å²) in [6.07, 6.45) is 5.12. The second-order valence-electron chi connectivity index (χ2n) is 4.45. The molecule has 0 aliphatic rings. The van der Waals surface area contributed by atoms with E-state index in [9.17, 15) is 0 Å². The van der Waals surface area contributed by atoms with Crippen molar-refractivity contribution in [3.8, 4) is 0 Å². The van der Waals surface area contributed by atoms with Gasteiger partial charge in [0.05, 0.1) is 11.9 Å². The lowest BCUT2D eigenvalue weighted by Crippen LogP contribution is -2.06. The van der Waals surface area contributed by atoms with Crippen molar-refractivity contribution < 1.29 is 0 Å². The molecule has 5 nitrogen and oxygen atoms in total. The number of nitrogens with one attached hydrogen (secondary N) is 1. The van der Waals surface area contributed by atoms with Gasteiger partial charge in [-0.2, -0.15) is 10.2 Å². The predicted octanol–water partition coefficient (Wildman–Crippen LogP) is 2.43. The zero-order valence-corrected chi connectivity index (χ0v) is 11.3. The lowest BCUT2D eigenvalue weighted by molar-refractivity contribution is 0.602. The fraction of sp³-hybridized carbons (Fsp3) is 0.538. The minimum absolute atomic E-state index is 0.787. The molecule has 5 heteroatoms. The number of nitrogens with zero attached hydrogens (tertiary/aromatic N) is 4. The van der Waals surface area contributed by atoms with E-state index in [-0.39, 0.29) is 0 Å². The molecule has 0 atom stereocenters. The molecule has 0 aliphatic carbocycles. The average Bonchev–Trinajstić information content (AvgIpc) is 2.93. The van der Waals surface area contributed by atoms with Crippen LogP contribution in [-0.2, 0) is 19.6 Å². The molecule has 2 aromatic heterocycles. The van der Waals surface area contributed by atoms with Crippen molar-refractivity contribution in [3.63, 3.8) is 0 Å². The van der Waals surface area contributed by atoms with E-state index < -0.39 is 0 Å². The van der Waals surface area contributed by atoms with Crippen molar-refractivity contribution in [1.82, 2.24) is 19.6 Å². The first-order valence-corrected chi connectivity index (χ1v) is 6.52. The van der Waals surface area contributed by atoms with Crippen LogP contribution in [0.1, 0.15) is 31.5 Å². The lowest BCUT2D eigenvalue weighted by atomic mass is 10.3. The summed E-state index contributed by atoms with van der Waals surface area (Å²) >= 11 is 0. The van der Waals surface area contributed by atoms with E-state index in [0.717, 1.165) is 37.6 Å². The maximum Gasteiger partial charge on any atom is 0.124 e. The maximum absolute atomic E-state index is 4.41. The third-order valence-electron chi connectivity index (χ3n) is 2.81. The first-order chi connectivity index (χ1) is 8.72. The number of aryl methyl sites for hydroxylation is 3. The van der Waals surface area contributed by atoms with Gasteiger partial charge in [0, 0.05) is 37.5 Å². The Morgan fingerprint density at radius 2 is 2.17 bits per heavy atom. The van der Waals surface area contributed by atoms with E-state index >= 15 is 0 Å². The van der Waals surface area contributed by atoms with E-state index in [1.807, 2.05) is 22.5 Å². The molecule has 2 aromatic rings. The molecule has 0 radical (unpaired) electrons. The molecule has 0 spiro atoms. The Morgan fingerprint density at radius 1 is 1.33 bits per heavy atom. The smallest absolute Gasteiger partial charge is 0.124 e. The van der Waals surface area contributed by atoms with E-state index in [1.165, 1.54) is 5.56 Å². The van der Waals surface area contributed by atoms with Gasteiger partial charge in [0.1, 0.15) is 5.82 Å². The van der Waals surface area contributed by atoms with Crippen LogP contribution in [0.3, 0.4) is 0 Å². The zero-order chi connectivity index (χ0) is 13.0. The van der Waals surface area contributed by atoms with Crippen LogP contribution in [0.2, 0.25) is 0 Å². The molecule has 2 rings (SSSR count). The quantitative estimate of drug-likeness (QED) is 0.853. The molecule has 1 N–H and O–H groups in total. The van der Waals surface area contributed by atoms with Gasteiger partial charge < -0.3 is 5.32 Å². The van der Waals surface area contributed by atoms with Crippen molar-refractivity contribution >= 4 is 5.82 Å². The van der Waals surface area contributed by atoms with Crippen molar-refractivity contribution in [2.45, 2.75) is 46.8 Å². The summed E-state index contributed by atoms with van der Waals surface area (Å²) in [5, 5.41) is 12.1. The van der Waals surface area contributed by atoms with Gasteiger partial charge in [-0.05, 0) is 20.3 Å². The molecule has 0 saturated carbocycles. The predicted molar refractivity (Wildman–Crippen MR) is 72.5 cm³/mol. The average molecular weight is 247 g/mol. The third-order valence-corrected chi connectivity index (χ3v) is 2.81. The Morgan fingerprint density at radius 3 is 2.89 bits per heavy atom. The molecule has 0 fully saturated rings. The largest absolute Gasteiger partial charge is 0.366 e. The summed E-state index contributed by atoms with van der Waals surface area (Å²) in [6.45, 7) is 8.90. The van der Waals surface area contributed by atoms with Crippen LogP contribution in [0, 0.1) is 6.92 Å². The second-order valence-corrected chi connectivity index (χ2v) is 4.45. The van der Waals surface area contributed by atoms with Crippen molar-refractivity contribution in [2.24, 2.45) is 0 Å². The molecule has 0 amide bonds. The Bertz CT molecular complexity index is 497. The van der Waals surface area contributed by atoms with Gasteiger partial charge in [0.15, 0.2) is 0 Å². The number of anilines is 1. The van der Waals surface area contributed by atoms with Gasteiger partial charge in [0.25, 0.3) is 0 Å². The molecule has 0 unspecified atom stereocenters. The number of hydrogen-bond acceptors (Lipinski definition) is 3. The second kappa shape index (κ2) is 5.71. The summed E-state index contributed by atoms with van der Waals surface area (Å²) in [7, 11) is 0. The van der Waals surface area contributed by atoms with E-state index in [0.29, 0.717) is 0 Å². The molecule has 0 saturated heterocycles. The van der Waals surface area contributed by atoms with Gasteiger partial charge in [0.2, 0.25) is 0 Å². The SMILES string of the molecule is CCCn1cc(CNc2cc(C)nn2CC)cn1. The van der Waals surface area contributed by atoms with Gasteiger partial charge in [-0.15, -0.1) is 0 Å². The van der Waals surface area contributed by atoms with Crippen LogP contribution < -0.4 is 5.32 Å². The summed E-state index contributed by atoms with van der Waals surface area (Å²) < 4.78 is 3.96.